The van der Waals surface area contributed by atoms with Crippen LogP contribution in [0, 0.1) is 52.4 Å². The number of nitrogens with zero attached hydrogens (tertiary/aromatic N) is 20. The molecule has 0 saturated heterocycles. The van der Waals surface area contributed by atoms with E-state index in [1.165, 1.54) is 66.7 Å². The Morgan fingerprint density at radius 3 is 0.926 bits per heavy atom. The Kier molecular flexibility index (Phi) is 44.1. The summed E-state index contributed by atoms with van der Waals surface area (Å²) in [5.74, 6) is 1.90. The van der Waals surface area contributed by atoms with Crippen LogP contribution in [0.2, 0.25) is 0 Å². The van der Waals surface area contributed by atoms with Gasteiger partial charge in [0.25, 0.3) is 11.8 Å². The molecule has 0 fully saturated rings. The van der Waals surface area contributed by atoms with Crippen molar-refractivity contribution in [3.63, 3.8) is 0 Å². The van der Waals surface area contributed by atoms with Gasteiger partial charge in [0.2, 0.25) is 5.89 Å². The van der Waals surface area contributed by atoms with E-state index in [1.807, 2.05) is 139 Å². The van der Waals surface area contributed by atoms with E-state index < -0.39 is 34.9 Å². The molecule has 0 aliphatic carbocycles. The van der Waals surface area contributed by atoms with Crippen molar-refractivity contribution in [3.05, 3.63) is 353 Å². The minimum Gasteiger partial charge on any atom is -0.403 e. The molecule has 7 aromatic carbocycles. The molecule has 149 heavy (non-hydrogen) atoms. The van der Waals surface area contributed by atoms with Gasteiger partial charge in [0, 0.05) is 140 Å². The number of thiazole rings is 1. The van der Waals surface area contributed by atoms with Crippen LogP contribution in [0.1, 0.15) is 248 Å². The first-order chi connectivity index (χ1) is 71.4. The van der Waals surface area contributed by atoms with Gasteiger partial charge < -0.3 is 29.2 Å². The van der Waals surface area contributed by atoms with Gasteiger partial charge in [-0.25, -0.2) is 104 Å². The van der Waals surface area contributed by atoms with Gasteiger partial charge in [-0.2, -0.15) is 0 Å². The normalized spacial score (nSPS) is 10.8. The number of aromatic nitrogens is 20. The van der Waals surface area contributed by atoms with Crippen molar-refractivity contribution >= 4 is 29.4 Å². The highest BCUT2D eigenvalue weighted by molar-refractivity contribution is 7.15. The fourth-order valence-corrected chi connectivity index (χ4v) is 14.6. The summed E-state index contributed by atoms with van der Waals surface area (Å²) < 4.78 is 140. The summed E-state index contributed by atoms with van der Waals surface area (Å²) in [6.45, 7) is 43.3. The Bertz CT molecular complexity index is 6940. The molecule has 0 aliphatic heterocycles. The molecular weight excluding hydrogens is 1930 g/mol. The summed E-state index contributed by atoms with van der Waals surface area (Å²) in [6, 6.07) is 45.9. The van der Waals surface area contributed by atoms with Gasteiger partial charge >= 0.3 is 18.0 Å². The van der Waals surface area contributed by atoms with E-state index in [-0.39, 0.29) is 99.1 Å². The lowest BCUT2D eigenvalue weighted by atomic mass is 10.00. The maximum atomic E-state index is 14.0. The molecule has 11 aromatic heterocycles. The number of halogens is 9. The molecule has 18 rings (SSSR count). The number of pyridine rings is 1. The molecule has 0 radical (unpaired) electrons. The van der Waals surface area contributed by atoms with E-state index in [0.29, 0.717) is 100 Å². The molecule has 18 aromatic rings. The first kappa shape index (κ1) is 115. The second-order valence-electron chi connectivity index (χ2n) is 36.1. The van der Waals surface area contributed by atoms with E-state index in [4.69, 9.17) is 13.3 Å². The molecule has 0 unspecified atom stereocenters. The molecule has 0 aliphatic rings. The average molecular weight is 2050 g/mol. The molecule has 0 amide bonds. The standard InChI is InChI=1S/C13H15F2N3O.2C13H12F2N2.2C13H16FN3O.C13H13FN2.C13H14N2.C12H13N3.C10H11N3S/c1-4-16-13-18-17-12(19-13)9-6-10(14)8(7(2)3)5-11(9)15;2*1-8(2)9-6-12(15)10(7-11(9)14)13-16-4-3-5-17-13;1-4-15-13-17-16-12(18-13)9-5-6-10(8(2)3)11(14)7-9;1-4-15-13-17-16-12(18-13)10-6-5-9(8(2)3)7-11(10)14;1-9(2)11-5-4-10(8-12(11)14)13-15-6-3-7-16-13;1-10(2)11-4-6-12(7-5-11)13-14-8-3-9-15-13;1-9(2)11-5-4-10(8-15-11)12-13-6-3-7-14-12;1-7(2)10-13-6-8(14-10)9-11-4-3-5-12-9/h5-7H,4H2,1-3H3,(H,16,18);2*3-8H,1-2H3;2*5-8H,4H2,1-3H3,(H,15,17);3-9H,1-2H3;3-10H,1-2H3;3-9H,1-2H3;3-7H,1-2H3. The van der Waals surface area contributed by atoms with Crippen LogP contribution in [0.15, 0.2) is 264 Å². The number of nitrogens with one attached hydrogen (secondary N) is 3. The van der Waals surface area contributed by atoms with Crippen molar-refractivity contribution < 1.29 is 52.8 Å². The fourth-order valence-electron chi connectivity index (χ4n) is 13.7. The SMILES string of the molecule is CC(C)c1cc(F)c(-c2ncccn2)cc1F.CC(C)c1cc(F)c(-c2ncccn2)cc1F.CC(C)c1ccc(-c2ncccn2)cc1.CC(C)c1ccc(-c2ncccn2)cc1F.CC(C)c1ccc(-c2ncccn2)cn1.CC(C)c1ncc(-c2ncccn2)s1.CCNc1nnc(-c2cc(F)c(C(C)C)cc2F)o1.CCNc1nnc(-c2ccc(C(C)C)c(F)c2)o1.CCNc1nnc(-c2ccc(C(C)C)cc2F)o1. The number of hydrogen-bond acceptors (Lipinski definition) is 27. The van der Waals surface area contributed by atoms with Gasteiger partial charge in [-0.05, 0) is 222 Å². The van der Waals surface area contributed by atoms with Crippen LogP contribution >= 0.6 is 11.3 Å². The lowest BCUT2D eigenvalue weighted by Crippen LogP contribution is -1.98. The minimum atomic E-state index is -0.572. The topological polar surface area (TPSA) is 333 Å². The second-order valence-corrected chi connectivity index (χ2v) is 37.1. The van der Waals surface area contributed by atoms with E-state index in [0.717, 1.165) is 73.5 Å². The quantitative estimate of drug-likeness (QED) is 0.0473. The summed E-state index contributed by atoms with van der Waals surface area (Å²) in [7, 11) is 0. The van der Waals surface area contributed by atoms with Crippen molar-refractivity contribution in [1.82, 2.24) is 100 Å². The van der Waals surface area contributed by atoms with Gasteiger partial charge in [-0.15, -0.1) is 26.6 Å². The lowest BCUT2D eigenvalue weighted by Gasteiger charge is -2.09. The van der Waals surface area contributed by atoms with Crippen LogP contribution in [-0.4, -0.2) is 120 Å². The molecule has 776 valence electrons. The Morgan fingerprint density at radius 1 is 0.242 bits per heavy atom. The highest BCUT2D eigenvalue weighted by Gasteiger charge is 2.23. The molecule has 36 heteroatoms. The van der Waals surface area contributed by atoms with E-state index in [9.17, 15) is 39.5 Å². The first-order valence-electron chi connectivity index (χ1n) is 48.7. The highest BCUT2D eigenvalue weighted by atomic mass is 32.1. The van der Waals surface area contributed by atoms with Gasteiger partial charge in [-0.1, -0.05) is 188 Å². The zero-order valence-electron chi connectivity index (χ0n) is 87.0. The average Bonchev–Trinajstić information content (AvgIpc) is 1.77. The van der Waals surface area contributed by atoms with Crippen LogP contribution in [0.3, 0.4) is 0 Å². The predicted octanol–water partition coefficient (Wildman–Crippen LogP) is 29.6. The molecule has 0 spiro atoms. The van der Waals surface area contributed by atoms with Gasteiger partial charge in [0.15, 0.2) is 34.9 Å². The lowest BCUT2D eigenvalue weighted by molar-refractivity contribution is 0.555. The first-order valence-corrected chi connectivity index (χ1v) is 49.5. The summed E-state index contributed by atoms with van der Waals surface area (Å²) >= 11 is 1.66. The van der Waals surface area contributed by atoms with Gasteiger partial charge in [-0.3, -0.25) is 4.98 Å². The third-order valence-electron chi connectivity index (χ3n) is 21.8. The zero-order valence-corrected chi connectivity index (χ0v) is 87.8. The minimum absolute atomic E-state index is 0.0291. The third-order valence-corrected chi connectivity index (χ3v) is 23.1. The van der Waals surface area contributed by atoms with Crippen LogP contribution in [0.4, 0.5) is 57.6 Å². The molecule has 0 atom stereocenters. The summed E-state index contributed by atoms with van der Waals surface area (Å²) in [5, 5.41) is 32.4. The highest BCUT2D eigenvalue weighted by Crippen LogP contribution is 2.36. The van der Waals surface area contributed by atoms with Crippen LogP contribution in [0.25, 0.3) is 102 Å². The number of anilines is 3. The Balaban J connectivity index is 0.000000172. The molecule has 3 N–H and O–H groups in total. The summed E-state index contributed by atoms with van der Waals surface area (Å²) in [4.78, 5) is 58.7. The van der Waals surface area contributed by atoms with Gasteiger partial charge in [0.05, 0.1) is 32.1 Å². The van der Waals surface area contributed by atoms with Crippen LogP contribution in [-0.2, 0) is 0 Å². The molecule has 0 bridgehead atoms. The van der Waals surface area contributed by atoms with Crippen LogP contribution < -0.4 is 16.0 Å². The smallest absolute Gasteiger partial charge is 0.315 e. The van der Waals surface area contributed by atoms with Crippen molar-refractivity contribution in [2.24, 2.45) is 0 Å². The Labute approximate surface area is 866 Å². The molecule has 0 saturated carbocycles. The Hall–Kier alpha value is -16.0. The molecule has 26 nitrogen and oxygen atoms in total. The largest absolute Gasteiger partial charge is 0.403 e. The van der Waals surface area contributed by atoms with Crippen molar-refractivity contribution in [2.45, 2.75) is 199 Å². The van der Waals surface area contributed by atoms with Crippen molar-refractivity contribution in [1.29, 1.82) is 0 Å². The molecular formula is C113H122F9N23O3S. The zero-order chi connectivity index (χ0) is 108. The van der Waals surface area contributed by atoms with E-state index in [2.05, 4.69) is 182 Å². The summed E-state index contributed by atoms with van der Waals surface area (Å²) in [5.41, 5.74) is 9.65. The number of benzene rings is 7. The second kappa shape index (κ2) is 57.2. The number of hydrogen-bond donors (Lipinski definition) is 3. The third kappa shape index (κ3) is 34.0. The maximum absolute atomic E-state index is 14.0. The predicted molar refractivity (Wildman–Crippen MR) is 566 cm³/mol. The van der Waals surface area contributed by atoms with Gasteiger partial charge in [0.1, 0.15) is 52.4 Å². The number of rotatable bonds is 24. The molecule has 11 heterocycles. The maximum Gasteiger partial charge on any atom is 0.315 e. The van der Waals surface area contributed by atoms with Crippen molar-refractivity contribution in [3.8, 4) is 102 Å². The van der Waals surface area contributed by atoms with Crippen molar-refractivity contribution in [2.75, 3.05) is 35.6 Å². The summed E-state index contributed by atoms with van der Waals surface area (Å²) in [6.07, 6.45) is 23.4. The monoisotopic (exact) mass is 2050 g/mol. The fraction of sp³-hybridized carbons (Fsp3) is 0.292. The Morgan fingerprint density at radius 2 is 0.564 bits per heavy atom. The van der Waals surface area contributed by atoms with E-state index >= 15 is 0 Å². The van der Waals surface area contributed by atoms with E-state index in [1.54, 1.807) is 123 Å². The van der Waals surface area contributed by atoms with Crippen LogP contribution in [0.5, 0.6) is 0 Å².